The van der Waals surface area contributed by atoms with Gasteiger partial charge in [-0.15, -0.1) is 0 Å². The fourth-order valence-corrected chi connectivity index (χ4v) is 2.37. The van der Waals surface area contributed by atoms with Gasteiger partial charge < -0.3 is 16.0 Å². The Morgan fingerprint density at radius 2 is 1.23 bits per heavy atom. The molecule has 0 bridgehead atoms. The lowest BCUT2D eigenvalue weighted by Crippen LogP contribution is -2.40. The van der Waals surface area contributed by atoms with Gasteiger partial charge in [0.25, 0.3) is 11.8 Å². The SMILES string of the molecule is CC(C)Nc1ccc(C(=O)Nc2ccc(C(=O)NC(C)(C)C)cc2)cc1. The Labute approximate surface area is 155 Å². The molecule has 0 radical (unpaired) electrons. The molecule has 3 N–H and O–H groups in total. The van der Waals surface area contributed by atoms with E-state index in [1.807, 2.05) is 32.9 Å². The lowest BCUT2D eigenvalue weighted by molar-refractivity contribution is 0.0919. The van der Waals surface area contributed by atoms with E-state index in [-0.39, 0.29) is 17.4 Å². The Kier molecular flexibility index (Phi) is 6.03. The predicted molar refractivity (Wildman–Crippen MR) is 107 cm³/mol. The summed E-state index contributed by atoms with van der Waals surface area (Å²) in [6.07, 6.45) is 0. The third-order valence-corrected chi connectivity index (χ3v) is 3.50. The quantitative estimate of drug-likeness (QED) is 0.751. The molecule has 0 heterocycles. The number of carbonyl (C=O) groups is 2. The highest BCUT2D eigenvalue weighted by atomic mass is 16.2. The first-order valence-electron chi connectivity index (χ1n) is 8.74. The van der Waals surface area contributed by atoms with Crippen molar-refractivity contribution in [2.75, 3.05) is 10.6 Å². The Hall–Kier alpha value is -2.82. The van der Waals surface area contributed by atoms with Gasteiger partial charge in [-0.2, -0.15) is 0 Å². The molecular weight excluding hydrogens is 326 g/mol. The standard InChI is InChI=1S/C21H27N3O2/c1-14(2)22-17-10-6-15(7-11-17)19(25)23-18-12-8-16(9-13-18)20(26)24-21(3,4)5/h6-14,22H,1-5H3,(H,23,25)(H,24,26). The van der Waals surface area contributed by atoms with E-state index in [0.29, 0.717) is 22.9 Å². The highest BCUT2D eigenvalue weighted by molar-refractivity contribution is 6.04. The summed E-state index contributed by atoms with van der Waals surface area (Å²) in [7, 11) is 0. The van der Waals surface area contributed by atoms with E-state index < -0.39 is 0 Å². The molecule has 0 saturated heterocycles. The van der Waals surface area contributed by atoms with Gasteiger partial charge in [0.2, 0.25) is 0 Å². The zero-order chi connectivity index (χ0) is 19.3. The van der Waals surface area contributed by atoms with Crippen molar-refractivity contribution in [1.29, 1.82) is 0 Å². The van der Waals surface area contributed by atoms with Gasteiger partial charge >= 0.3 is 0 Å². The van der Waals surface area contributed by atoms with Crippen molar-refractivity contribution in [3.05, 3.63) is 59.7 Å². The van der Waals surface area contributed by atoms with Crippen LogP contribution in [0.15, 0.2) is 48.5 Å². The zero-order valence-corrected chi connectivity index (χ0v) is 16.0. The first-order chi connectivity index (χ1) is 12.1. The van der Waals surface area contributed by atoms with Crippen LogP contribution in [0.4, 0.5) is 11.4 Å². The van der Waals surface area contributed by atoms with E-state index in [4.69, 9.17) is 0 Å². The molecule has 5 heteroatoms. The van der Waals surface area contributed by atoms with Crippen molar-refractivity contribution >= 4 is 23.2 Å². The van der Waals surface area contributed by atoms with Gasteiger partial charge in [0, 0.05) is 34.1 Å². The largest absolute Gasteiger partial charge is 0.383 e. The summed E-state index contributed by atoms with van der Waals surface area (Å²) in [5, 5.41) is 9.03. The molecule has 2 aromatic carbocycles. The minimum atomic E-state index is -0.291. The molecule has 5 nitrogen and oxygen atoms in total. The number of benzene rings is 2. The molecule has 0 spiro atoms. The van der Waals surface area contributed by atoms with Crippen LogP contribution < -0.4 is 16.0 Å². The average molecular weight is 353 g/mol. The molecule has 2 rings (SSSR count). The molecule has 0 fully saturated rings. The van der Waals surface area contributed by atoms with Gasteiger partial charge in [-0.1, -0.05) is 0 Å². The smallest absolute Gasteiger partial charge is 0.255 e. The lowest BCUT2D eigenvalue weighted by Gasteiger charge is -2.20. The highest BCUT2D eigenvalue weighted by Crippen LogP contribution is 2.15. The van der Waals surface area contributed by atoms with E-state index in [1.54, 1.807) is 36.4 Å². The van der Waals surface area contributed by atoms with Crippen LogP contribution in [0, 0.1) is 0 Å². The van der Waals surface area contributed by atoms with E-state index in [9.17, 15) is 9.59 Å². The van der Waals surface area contributed by atoms with Crippen molar-refractivity contribution in [1.82, 2.24) is 5.32 Å². The third kappa shape index (κ3) is 5.92. The average Bonchev–Trinajstić information content (AvgIpc) is 2.54. The number of nitrogens with one attached hydrogen (secondary N) is 3. The minimum absolute atomic E-state index is 0.136. The summed E-state index contributed by atoms with van der Waals surface area (Å²) in [6, 6.07) is 14.5. The molecule has 2 amide bonds. The second kappa shape index (κ2) is 8.04. The molecule has 26 heavy (non-hydrogen) atoms. The van der Waals surface area contributed by atoms with Gasteiger partial charge in [-0.05, 0) is 83.1 Å². The minimum Gasteiger partial charge on any atom is -0.383 e. The predicted octanol–water partition coefficient (Wildman–Crippen LogP) is 4.29. The molecule has 2 aromatic rings. The molecule has 0 atom stereocenters. The van der Waals surface area contributed by atoms with Crippen LogP contribution in [0.5, 0.6) is 0 Å². The number of amides is 2. The molecule has 0 aliphatic rings. The van der Waals surface area contributed by atoms with E-state index >= 15 is 0 Å². The summed E-state index contributed by atoms with van der Waals surface area (Å²) < 4.78 is 0. The van der Waals surface area contributed by atoms with Gasteiger partial charge in [0.1, 0.15) is 0 Å². The van der Waals surface area contributed by atoms with Gasteiger partial charge in [0.05, 0.1) is 0 Å². The maximum atomic E-state index is 12.3. The first kappa shape index (κ1) is 19.5. The summed E-state index contributed by atoms with van der Waals surface area (Å²) >= 11 is 0. The molecular formula is C21H27N3O2. The summed E-state index contributed by atoms with van der Waals surface area (Å²) in [4.78, 5) is 24.5. The van der Waals surface area contributed by atoms with Crippen LogP contribution in [0.1, 0.15) is 55.3 Å². The van der Waals surface area contributed by atoms with Crippen molar-refractivity contribution in [3.8, 4) is 0 Å². The topological polar surface area (TPSA) is 70.2 Å². The van der Waals surface area contributed by atoms with Crippen molar-refractivity contribution < 1.29 is 9.59 Å². The highest BCUT2D eigenvalue weighted by Gasteiger charge is 2.15. The normalized spacial score (nSPS) is 11.2. The third-order valence-electron chi connectivity index (χ3n) is 3.50. The number of hydrogen-bond donors (Lipinski definition) is 3. The Bertz CT molecular complexity index is 757. The van der Waals surface area contributed by atoms with Crippen LogP contribution in [0.3, 0.4) is 0 Å². The van der Waals surface area contributed by atoms with Gasteiger partial charge in [-0.3, -0.25) is 9.59 Å². The van der Waals surface area contributed by atoms with Crippen LogP contribution in [0.25, 0.3) is 0 Å². The lowest BCUT2D eigenvalue weighted by atomic mass is 10.1. The number of carbonyl (C=O) groups excluding carboxylic acids is 2. The number of anilines is 2. The monoisotopic (exact) mass is 353 g/mol. The fraction of sp³-hybridized carbons (Fsp3) is 0.333. The summed E-state index contributed by atoms with van der Waals surface area (Å²) in [5.41, 5.74) is 2.47. The Morgan fingerprint density at radius 1 is 0.769 bits per heavy atom. The second-order valence-corrected chi connectivity index (χ2v) is 7.61. The number of rotatable bonds is 5. The summed E-state index contributed by atoms with van der Waals surface area (Å²) in [6.45, 7) is 9.92. The maximum Gasteiger partial charge on any atom is 0.255 e. The van der Waals surface area contributed by atoms with E-state index in [1.165, 1.54) is 0 Å². The van der Waals surface area contributed by atoms with Crippen molar-refractivity contribution in [2.24, 2.45) is 0 Å². The number of hydrogen-bond acceptors (Lipinski definition) is 3. The van der Waals surface area contributed by atoms with Gasteiger partial charge in [0.15, 0.2) is 0 Å². The van der Waals surface area contributed by atoms with Crippen molar-refractivity contribution in [2.45, 2.75) is 46.2 Å². The summed E-state index contributed by atoms with van der Waals surface area (Å²) in [5.74, 6) is -0.323. The second-order valence-electron chi connectivity index (χ2n) is 7.61. The Balaban J connectivity index is 2.00. The van der Waals surface area contributed by atoms with E-state index in [0.717, 1.165) is 5.69 Å². The molecule has 0 unspecified atom stereocenters. The molecule has 0 aliphatic heterocycles. The fourth-order valence-electron chi connectivity index (χ4n) is 2.37. The van der Waals surface area contributed by atoms with Crippen LogP contribution >= 0.6 is 0 Å². The molecule has 0 saturated carbocycles. The first-order valence-corrected chi connectivity index (χ1v) is 8.74. The van der Waals surface area contributed by atoms with Crippen LogP contribution in [-0.4, -0.2) is 23.4 Å². The van der Waals surface area contributed by atoms with Crippen molar-refractivity contribution in [3.63, 3.8) is 0 Å². The molecule has 138 valence electrons. The maximum absolute atomic E-state index is 12.3. The van der Waals surface area contributed by atoms with Crippen LogP contribution in [-0.2, 0) is 0 Å². The van der Waals surface area contributed by atoms with Gasteiger partial charge in [-0.25, -0.2) is 0 Å². The van der Waals surface area contributed by atoms with Crippen LogP contribution in [0.2, 0.25) is 0 Å². The zero-order valence-electron chi connectivity index (χ0n) is 16.0. The Morgan fingerprint density at radius 3 is 1.69 bits per heavy atom. The van der Waals surface area contributed by atoms with E-state index in [2.05, 4.69) is 29.8 Å². The molecule has 0 aliphatic carbocycles. The molecule has 0 aromatic heterocycles.